The molecule has 0 aromatic rings. The third kappa shape index (κ3) is 2.46. The molecule has 4 nitrogen and oxygen atoms in total. The van der Waals surface area contributed by atoms with Crippen LogP contribution in [0.3, 0.4) is 0 Å². The predicted octanol–water partition coefficient (Wildman–Crippen LogP) is 5.94. The molecule has 7 aliphatic rings. The van der Waals surface area contributed by atoms with Crippen LogP contribution in [0.1, 0.15) is 106 Å². The molecule has 2 heterocycles. The average Bonchev–Trinajstić information content (AvgIpc) is 2.98. The Kier molecular flexibility index (Phi) is 4.63. The van der Waals surface area contributed by atoms with Gasteiger partial charge in [-0.25, -0.2) is 0 Å². The van der Waals surface area contributed by atoms with Crippen LogP contribution in [0, 0.1) is 56.2 Å². The van der Waals surface area contributed by atoms with Crippen molar-refractivity contribution in [2.24, 2.45) is 56.2 Å². The minimum atomic E-state index is -0.409. The summed E-state index contributed by atoms with van der Waals surface area (Å²) in [4.78, 5) is 25.7. The molecule has 1 N–H and O–H groups in total. The van der Waals surface area contributed by atoms with Crippen LogP contribution in [0.2, 0.25) is 0 Å². The van der Waals surface area contributed by atoms with Crippen molar-refractivity contribution in [1.29, 1.82) is 0 Å². The van der Waals surface area contributed by atoms with Crippen LogP contribution in [0.5, 0.6) is 0 Å². The lowest BCUT2D eigenvalue weighted by Crippen LogP contribution is -2.71. The molecule has 0 amide bonds. The van der Waals surface area contributed by atoms with Gasteiger partial charge in [-0.15, -0.1) is 0 Å². The van der Waals surface area contributed by atoms with E-state index >= 15 is 0 Å². The number of ketones is 1. The number of hydrogen-bond donors (Lipinski definition) is 1. The number of carbonyl (C=O) groups excluding carboxylic acids is 2. The highest BCUT2D eigenvalue weighted by molar-refractivity contribution is 5.82. The number of ether oxygens (including phenoxy) is 1. The van der Waals surface area contributed by atoms with Gasteiger partial charge in [-0.2, -0.15) is 0 Å². The molecule has 34 heavy (non-hydrogen) atoms. The van der Waals surface area contributed by atoms with Crippen LogP contribution in [-0.4, -0.2) is 29.6 Å². The number of esters is 1. The lowest BCUT2D eigenvalue weighted by Gasteiger charge is -2.75. The first-order valence-electron chi connectivity index (χ1n) is 14.1. The van der Waals surface area contributed by atoms with E-state index < -0.39 is 11.5 Å². The number of rotatable bonds is 0. The van der Waals surface area contributed by atoms with Gasteiger partial charge in [0.15, 0.2) is 0 Å². The Morgan fingerprint density at radius 2 is 1.53 bits per heavy atom. The van der Waals surface area contributed by atoms with Crippen LogP contribution in [-0.2, 0) is 14.3 Å². The fourth-order valence-corrected chi connectivity index (χ4v) is 11.7. The molecule has 11 atom stereocenters. The summed E-state index contributed by atoms with van der Waals surface area (Å²) in [6, 6.07) is 0. The quantitative estimate of drug-likeness (QED) is 0.445. The molecular weight excluding hydrogens is 424 g/mol. The summed E-state index contributed by atoms with van der Waals surface area (Å²) in [7, 11) is 0. The first-order chi connectivity index (χ1) is 15.8. The second-order valence-electron chi connectivity index (χ2n) is 15.1. The number of Topliss-reactive ketones (excluding diaryl/α,β-unsaturated/α-hetero) is 1. The number of aliphatic hydroxyl groups is 1. The standard InChI is InChI=1S/C30H46O4/c1-18-19(31)7-8-20-26(18,3)10-9-21-27(20,4)12-13-28(5)22-15-25(2)11-14-30(22,17-34-24(25)33)23(32)16-29(21,28)6/h18,20-23,32H,7-17H2,1-6H3/t18-,20+,21-,22-,23+,25-,26+,27-,28-,29?,30+/m0/s1. The molecule has 4 heteroatoms. The van der Waals surface area contributed by atoms with E-state index in [9.17, 15) is 14.7 Å². The minimum Gasteiger partial charge on any atom is -0.465 e. The lowest BCUT2D eigenvalue weighted by atomic mass is 9.29. The molecule has 0 radical (unpaired) electrons. The number of hydrogen-bond acceptors (Lipinski definition) is 4. The zero-order chi connectivity index (χ0) is 24.5. The van der Waals surface area contributed by atoms with Gasteiger partial charge in [-0.1, -0.05) is 34.6 Å². The van der Waals surface area contributed by atoms with E-state index in [-0.39, 0.29) is 39.0 Å². The van der Waals surface area contributed by atoms with Crippen molar-refractivity contribution in [2.45, 2.75) is 112 Å². The number of fused-ring (bicyclic) bond motifs is 8. The van der Waals surface area contributed by atoms with Crippen molar-refractivity contribution in [1.82, 2.24) is 0 Å². The molecule has 5 saturated carbocycles. The van der Waals surface area contributed by atoms with E-state index in [1.54, 1.807) is 0 Å². The Morgan fingerprint density at radius 1 is 0.794 bits per heavy atom. The molecule has 1 spiro atoms. The normalized spacial score (nSPS) is 60.9. The first-order valence-corrected chi connectivity index (χ1v) is 14.1. The molecule has 1 unspecified atom stereocenters. The largest absolute Gasteiger partial charge is 0.465 e. The van der Waals surface area contributed by atoms with Gasteiger partial charge in [0.1, 0.15) is 5.78 Å². The Morgan fingerprint density at radius 3 is 2.26 bits per heavy atom. The Hall–Kier alpha value is -0.900. The predicted molar refractivity (Wildman–Crippen MR) is 131 cm³/mol. The zero-order valence-electron chi connectivity index (χ0n) is 22.3. The fourth-order valence-electron chi connectivity index (χ4n) is 11.7. The number of aliphatic hydroxyl groups excluding tert-OH is 1. The fraction of sp³-hybridized carbons (Fsp3) is 0.933. The third-order valence-corrected chi connectivity index (χ3v) is 14.3. The summed E-state index contributed by atoms with van der Waals surface area (Å²) < 4.78 is 5.88. The van der Waals surface area contributed by atoms with Crippen LogP contribution < -0.4 is 0 Å². The molecule has 2 bridgehead atoms. The smallest absolute Gasteiger partial charge is 0.311 e. The van der Waals surface area contributed by atoms with Gasteiger partial charge >= 0.3 is 5.97 Å². The molecule has 0 aromatic carbocycles. The summed E-state index contributed by atoms with van der Waals surface area (Å²) in [6.07, 6.45) is 9.47. The second-order valence-corrected chi connectivity index (χ2v) is 15.1. The maximum atomic E-state index is 13.0. The van der Waals surface area contributed by atoms with Crippen molar-refractivity contribution in [3.63, 3.8) is 0 Å². The molecular formula is C30H46O4. The summed E-state index contributed by atoms with van der Waals surface area (Å²) in [5.74, 6) is 2.04. The van der Waals surface area contributed by atoms with E-state index in [4.69, 9.17) is 4.74 Å². The highest BCUT2D eigenvalue weighted by Gasteiger charge is 2.74. The Bertz CT molecular complexity index is 944. The topological polar surface area (TPSA) is 63.6 Å². The second kappa shape index (κ2) is 6.69. The average molecular weight is 471 g/mol. The van der Waals surface area contributed by atoms with Crippen LogP contribution in [0.15, 0.2) is 0 Å². The van der Waals surface area contributed by atoms with Gasteiger partial charge in [-0.05, 0) is 104 Å². The highest BCUT2D eigenvalue weighted by atomic mass is 16.5. The van der Waals surface area contributed by atoms with Gasteiger partial charge in [-0.3, -0.25) is 9.59 Å². The van der Waals surface area contributed by atoms with Crippen molar-refractivity contribution in [3.05, 3.63) is 0 Å². The van der Waals surface area contributed by atoms with Gasteiger partial charge < -0.3 is 9.84 Å². The number of carbonyl (C=O) groups is 2. The van der Waals surface area contributed by atoms with E-state index in [1.807, 2.05) is 0 Å². The first kappa shape index (κ1) is 23.5. The molecule has 2 aliphatic heterocycles. The Balaban J connectivity index is 1.44. The summed E-state index contributed by atoms with van der Waals surface area (Å²) in [5, 5.41) is 11.9. The van der Waals surface area contributed by atoms with E-state index in [2.05, 4.69) is 41.5 Å². The van der Waals surface area contributed by atoms with E-state index in [1.165, 1.54) is 6.42 Å². The van der Waals surface area contributed by atoms with Crippen LogP contribution in [0.25, 0.3) is 0 Å². The molecule has 7 rings (SSSR count). The third-order valence-electron chi connectivity index (χ3n) is 14.3. The van der Waals surface area contributed by atoms with Crippen molar-refractivity contribution in [2.75, 3.05) is 6.61 Å². The van der Waals surface area contributed by atoms with Crippen LogP contribution >= 0.6 is 0 Å². The summed E-state index contributed by atoms with van der Waals surface area (Å²) in [5.41, 5.74) is -0.241. The maximum Gasteiger partial charge on any atom is 0.311 e. The van der Waals surface area contributed by atoms with E-state index in [0.29, 0.717) is 30.1 Å². The van der Waals surface area contributed by atoms with Gasteiger partial charge in [0, 0.05) is 17.8 Å². The molecule has 7 fully saturated rings. The molecule has 190 valence electrons. The van der Waals surface area contributed by atoms with Gasteiger partial charge in [0.05, 0.1) is 18.1 Å². The highest BCUT2D eigenvalue weighted by Crippen LogP contribution is 2.78. The molecule has 2 saturated heterocycles. The molecule has 0 aromatic heterocycles. The van der Waals surface area contributed by atoms with Gasteiger partial charge in [0.2, 0.25) is 0 Å². The SMILES string of the molecule is C[C@H]1C(=O)CC[C@H]2[C@]3(C)CC[C@@]4(C)[C@@H]5C[C@]6(C)CC[C@]5(COC6=O)[C@H](O)CC4(C)[C@H]3CC[C@@]21C. The van der Waals surface area contributed by atoms with Crippen LogP contribution in [0.4, 0.5) is 0 Å². The molecule has 5 aliphatic carbocycles. The zero-order valence-corrected chi connectivity index (χ0v) is 22.3. The summed E-state index contributed by atoms with van der Waals surface area (Å²) in [6.45, 7) is 14.7. The maximum absolute atomic E-state index is 13.0. The van der Waals surface area contributed by atoms with Crippen molar-refractivity contribution < 1.29 is 19.4 Å². The Labute approximate surface area is 206 Å². The lowest BCUT2D eigenvalue weighted by molar-refractivity contribution is -0.282. The monoisotopic (exact) mass is 470 g/mol. The van der Waals surface area contributed by atoms with Gasteiger partial charge in [0.25, 0.3) is 0 Å². The minimum absolute atomic E-state index is 0.0330. The summed E-state index contributed by atoms with van der Waals surface area (Å²) >= 11 is 0. The van der Waals surface area contributed by atoms with E-state index in [0.717, 1.165) is 57.8 Å². The van der Waals surface area contributed by atoms with Crippen molar-refractivity contribution in [3.8, 4) is 0 Å². The van der Waals surface area contributed by atoms with Crippen molar-refractivity contribution >= 4 is 11.8 Å².